The van der Waals surface area contributed by atoms with E-state index in [0.29, 0.717) is 32.4 Å². The topological polar surface area (TPSA) is 217 Å². The van der Waals surface area contributed by atoms with Gasteiger partial charge in [-0.25, -0.2) is 26.4 Å². The lowest BCUT2D eigenvalue weighted by Crippen LogP contribution is -2.59. The number of alkyl carbamates (subject to hydrolysis) is 1. The molecule has 57 heavy (non-hydrogen) atoms. The first-order valence-corrected chi connectivity index (χ1v) is 24.0. The van der Waals surface area contributed by atoms with Crippen molar-refractivity contribution in [2.75, 3.05) is 24.6 Å². The summed E-state index contributed by atoms with van der Waals surface area (Å²) in [4.78, 5) is 55.8. The summed E-state index contributed by atoms with van der Waals surface area (Å²) in [6.07, 6.45) is 3.90. The Morgan fingerprint density at radius 3 is 1.98 bits per heavy atom. The van der Waals surface area contributed by atoms with E-state index in [1.165, 1.54) is 0 Å². The molecule has 0 aromatic heterocycles. The van der Waals surface area contributed by atoms with Gasteiger partial charge in [0.05, 0.1) is 23.7 Å². The Bertz CT molecular complexity index is 1690. The van der Waals surface area contributed by atoms with Gasteiger partial charge in [0, 0.05) is 32.0 Å². The molecule has 5 amide bonds. The van der Waals surface area contributed by atoms with Crippen molar-refractivity contribution in [1.82, 2.24) is 26.2 Å². The van der Waals surface area contributed by atoms with Gasteiger partial charge >= 0.3 is 12.1 Å². The lowest BCUT2D eigenvalue weighted by atomic mass is 9.83. The second kappa shape index (κ2) is 20.5. The van der Waals surface area contributed by atoms with E-state index in [2.05, 4.69) is 21.3 Å². The fraction of sp³-hybridized carbons (Fsp3) is 0.750. The number of nitrogens with zero attached hydrogens (tertiary/aromatic N) is 1. The predicted molar refractivity (Wildman–Crippen MR) is 218 cm³/mol. The van der Waals surface area contributed by atoms with Gasteiger partial charge in [0.1, 0.15) is 17.7 Å². The number of likely N-dealkylation sites (tertiary alicyclic amines) is 1. The van der Waals surface area contributed by atoms with E-state index in [1.54, 1.807) is 25.7 Å². The number of benzene rings is 1. The van der Waals surface area contributed by atoms with Crippen LogP contribution < -0.4 is 21.3 Å². The molecule has 2 saturated heterocycles. The molecule has 1 aliphatic carbocycles. The maximum absolute atomic E-state index is 14.1. The molecule has 3 fully saturated rings. The summed E-state index contributed by atoms with van der Waals surface area (Å²) in [6, 6.07) is 5.42. The summed E-state index contributed by atoms with van der Waals surface area (Å²) >= 11 is 0. The molecule has 0 spiro atoms. The number of carbonyl (C=O) groups is 4. The molecule has 3 aliphatic rings. The number of aliphatic hydroxyl groups excluding tert-OH is 1. The smallest absolute Gasteiger partial charge is 0.407 e. The van der Waals surface area contributed by atoms with Crippen LogP contribution >= 0.6 is 0 Å². The van der Waals surface area contributed by atoms with E-state index in [4.69, 9.17) is 4.74 Å². The lowest BCUT2D eigenvalue weighted by Gasteiger charge is -2.34. The van der Waals surface area contributed by atoms with Gasteiger partial charge in [-0.3, -0.25) is 9.59 Å². The van der Waals surface area contributed by atoms with E-state index in [1.807, 2.05) is 44.2 Å². The molecular formula is C40H65N5O10S2. The number of piperidine rings is 1. The third-order valence-corrected chi connectivity index (χ3v) is 16.4. The summed E-state index contributed by atoms with van der Waals surface area (Å²) in [5.74, 6) is -1.65. The molecule has 322 valence electrons. The molecule has 2 aliphatic heterocycles. The quantitative estimate of drug-likeness (QED) is 0.173. The van der Waals surface area contributed by atoms with Crippen LogP contribution in [0.15, 0.2) is 30.3 Å². The highest BCUT2D eigenvalue weighted by molar-refractivity contribution is 8.09. The largest absolute Gasteiger partial charge is 0.444 e. The van der Waals surface area contributed by atoms with Crippen LogP contribution in [0.4, 0.5) is 9.59 Å². The van der Waals surface area contributed by atoms with Gasteiger partial charge in [0.15, 0.2) is 24.3 Å². The standard InChI is InChI=1S/C40H65N5O10S2/c1-27(2)23-32(36(47)42-31(24-28-13-8-6-9-14-28)34(46)26-35-56(51,52)21-12-22-57(35,53)54)43-37(48)33(25-29-15-10-7-11-16-29)44-38(49)45-19-17-30(18-20-45)41-39(50)55-40(3,4)5/h7,10-11,15-16,27-28,30-35,46H,6,8-9,12-14,17-26H2,1-5H3,(H,41,50)(H,42,47)(H,43,48)(H,44,49)/t31-,32-,33-,34-/m0/s1. The number of urea groups is 1. The molecule has 0 radical (unpaired) electrons. The average Bonchev–Trinajstić information content (AvgIpc) is 3.12. The van der Waals surface area contributed by atoms with Crippen molar-refractivity contribution in [2.24, 2.45) is 11.8 Å². The first-order valence-electron chi connectivity index (χ1n) is 20.5. The number of hydrogen-bond donors (Lipinski definition) is 5. The molecule has 5 N–H and O–H groups in total. The van der Waals surface area contributed by atoms with Crippen molar-refractivity contribution in [3.63, 3.8) is 0 Å². The fourth-order valence-corrected chi connectivity index (χ4v) is 13.1. The summed E-state index contributed by atoms with van der Waals surface area (Å²) in [5, 5.41) is 23.0. The zero-order valence-electron chi connectivity index (χ0n) is 34.2. The van der Waals surface area contributed by atoms with E-state index in [9.17, 15) is 41.1 Å². The predicted octanol–water partition coefficient (Wildman–Crippen LogP) is 3.59. The second-order valence-electron chi connectivity index (χ2n) is 17.5. The molecule has 2 heterocycles. The molecule has 1 aromatic rings. The monoisotopic (exact) mass is 839 g/mol. The fourth-order valence-electron chi connectivity index (χ4n) is 7.96. The SMILES string of the molecule is CC(C)C[C@H](NC(=O)[C@H](Cc1ccccc1)NC(=O)N1CCC(NC(=O)OC(C)(C)C)CC1)C(=O)N[C@@H](CC1CCCCC1)[C@@H](O)CC1S(=O)(=O)CCCS1(=O)=O. The maximum atomic E-state index is 14.1. The van der Waals surface area contributed by atoms with Gasteiger partial charge in [-0.05, 0) is 70.3 Å². The van der Waals surface area contributed by atoms with Crippen molar-refractivity contribution < 1.29 is 45.9 Å². The molecule has 15 nitrogen and oxygen atoms in total. The summed E-state index contributed by atoms with van der Waals surface area (Å²) < 4.78 is 55.2. The second-order valence-corrected chi connectivity index (χ2v) is 22.4. The first-order chi connectivity index (χ1) is 26.7. The third-order valence-electron chi connectivity index (χ3n) is 10.9. The van der Waals surface area contributed by atoms with Gasteiger partial charge in [0.2, 0.25) is 11.8 Å². The number of hydrogen-bond acceptors (Lipinski definition) is 10. The first kappa shape index (κ1) is 46.3. The molecule has 4 atom stereocenters. The Morgan fingerprint density at radius 2 is 1.40 bits per heavy atom. The van der Waals surface area contributed by atoms with Gasteiger partial charge < -0.3 is 36.0 Å². The molecular weight excluding hydrogens is 775 g/mol. The van der Waals surface area contributed by atoms with Crippen LogP contribution in [-0.2, 0) is 40.4 Å². The summed E-state index contributed by atoms with van der Waals surface area (Å²) in [5.41, 5.74) is 0.142. The van der Waals surface area contributed by atoms with E-state index < -0.39 is 84.4 Å². The van der Waals surface area contributed by atoms with Crippen LogP contribution in [0.1, 0.15) is 111 Å². The van der Waals surface area contributed by atoms with Gasteiger partial charge in [0.25, 0.3) is 0 Å². The summed E-state index contributed by atoms with van der Waals surface area (Å²) in [7, 11) is -8.03. The Morgan fingerprint density at radius 1 is 0.807 bits per heavy atom. The lowest BCUT2D eigenvalue weighted by molar-refractivity contribution is -0.131. The number of nitrogens with one attached hydrogen (secondary N) is 4. The molecule has 1 saturated carbocycles. The van der Waals surface area contributed by atoms with Crippen LogP contribution in [0.3, 0.4) is 0 Å². The van der Waals surface area contributed by atoms with Gasteiger partial charge in [-0.1, -0.05) is 76.3 Å². The van der Waals surface area contributed by atoms with Crippen molar-refractivity contribution in [3.05, 3.63) is 35.9 Å². The Balaban J connectivity index is 1.48. The van der Waals surface area contributed by atoms with E-state index in [0.717, 1.165) is 37.7 Å². The van der Waals surface area contributed by atoms with Crippen LogP contribution in [-0.4, -0.2) is 116 Å². The number of aliphatic hydroxyl groups is 1. The van der Waals surface area contributed by atoms with Crippen LogP contribution in [0.25, 0.3) is 0 Å². The highest BCUT2D eigenvalue weighted by Gasteiger charge is 2.44. The molecule has 17 heteroatoms. The zero-order valence-corrected chi connectivity index (χ0v) is 35.8. The Labute approximate surface area is 339 Å². The molecule has 0 bridgehead atoms. The number of rotatable bonds is 15. The van der Waals surface area contributed by atoms with Crippen molar-refractivity contribution >= 4 is 43.6 Å². The average molecular weight is 840 g/mol. The van der Waals surface area contributed by atoms with E-state index >= 15 is 0 Å². The Hall–Kier alpha value is -3.44. The number of ether oxygens (including phenoxy) is 1. The highest BCUT2D eigenvalue weighted by Crippen LogP contribution is 2.31. The van der Waals surface area contributed by atoms with Crippen LogP contribution in [0.2, 0.25) is 0 Å². The van der Waals surface area contributed by atoms with Gasteiger partial charge in [-0.2, -0.15) is 0 Å². The normalized spacial score (nSPS) is 21.4. The minimum atomic E-state index is -4.01. The van der Waals surface area contributed by atoms with Crippen LogP contribution in [0, 0.1) is 11.8 Å². The van der Waals surface area contributed by atoms with Crippen molar-refractivity contribution in [3.8, 4) is 0 Å². The van der Waals surface area contributed by atoms with Crippen molar-refractivity contribution in [1.29, 1.82) is 0 Å². The minimum absolute atomic E-state index is 0.00757. The minimum Gasteiger partial charge on any atom is -0.444 e. The highest BCUT2D eigenvalue weighted by atomic mass is 32.3. The Kier molecular flexibility index (Phi) is 16.6. The van der Waals surface area contributed by atoms with Crippen molar-refractivity contribution in [2.45, 2.75) is 152 Å². The summed E-state index contributed by atoms with van der Waals surface area (Å²) in [6.45, 7) is 9.79. The zero-order chi connectivity index (χ0) is 42.0. The number of carbonyl (C=O) groups excluding carboxylic acids is 4. The molecule has 1 aromatic carbocycles. The van der Waals surface area contributed by atoms with Gasteiger partial charge in [-0.15, -0.1) is 0 Å². The third kappa shape index (κ3) is 14.7. The number of amides is 5. The molecule has 0 unspecified atom stereocenters. The molecule has 4 rings (SSSR count). The van der Waals surface area contributed by atoms with Crippen LogP contribution in [0.5, 0.6) is 0 Å². The maximum Gasteiger partial charge on any atom is 0.407 e. The van der Waals surface area contributed by atoms with E-state index in [-0.39, 0.29) is 48.6 Å². The number of sulfone groups is 2.